The Kier molecular flexibility index (Phi) is 6.18. The molecule has 31 heavy (non-hydrogen) atoms. The van der Waals surface area contributed by atoms with Gasteiger partial charge in [0.05, 0.1) is 6.20 Å². The second kappa shape index (κ2) is 8.86. The number of imidazole rings is 1. The predicted molar refractivity (Wildman–Crippen MR) is 122 cm³/mol. The summed E-state index contributed by atoms with van der Waals surface area (Å²) in [6, 6.07) is 7.20. The van der Waals surface area contributed by atoms with Crippen LogP contribution in [0.5, 0.6) is 0 Å². The van der Waals surface area contributed by atoms with Gasteiger partial charge in [0, 0.05) is 59.8 Å². The standard InChI is InChI=1S/C22H23Cl2N5O2/c1-13(30)28-6-4-14(5-7-28)22(31)27-21-11-26-20-8-15(10-25)18(12-29(20)21)17-3-2-16(23)9-19(17)24/h2-3,8-9,11-12,14H,4-7,10,25H2,1H3,(H,27,31). The first-order chi connectivity index (χ1) is 14.9. The van der Waals surface area contributed by atoms with Crippen LogP contribution < -0.4 is 11.1 Å². The number of aromatic nitrogens is 2. The van der Waals surface area contributed by atoms with E-state index in [0.717, 1.165) is 16.7 Å². The van der Waals surface area contributed by atoms with Gasteiger partial charge in [0.15, 0.2) is 0 Å². The first-order valence-electron chi connectivity index (χ1n) is 10.1. The molecule has 3 N–H and O–H groups in total. The van der Waals surface area contributed by atoms with Crippen molar-refractivity contribution in [1.29, 1.82) is 0 Å². The smallest absolute Gasteiger partial charge is 0.228 e. The Morgan fingerprint density at radius 3 is 2.58 bits per heavy atom. The van der Waals surface area contributed by atoms with E-state index in [-0.39, 0.29) is 17.7 Å². The summed E-state index contributed by atoms with van der Waals surface area (Å²) in [4.78, 5) is 30.5. The van der Waals surface area contributed by atoms with Crippen LogP contribution in [0.4, 0.5) is 5.82 Å². The molecule has 1 saturated heterocycles. The number of pyridine rings is 1. The van der Waals surface area contributed by atoms with Crippen LogP contribution in [0.1, 0.15) is 25.3 Å². The zero-order valence-corrected chi connectivity index (χ0v) is 18.6. The molecule has 0 aliphatic carbocycles. The molecule has 7 nitrogen and oxygen atoms in total. The van der Waals surface area contributed by atoms with Crippen LogP contribution in [0.15, 0.2) is 36.7 Å². The Balaban J connectivity index is 1.62. The largest absolute Gasteiger partial charge is 0.343 e. The predicted octanol–water partition coefficient (Wildman–Crippen LogP) is 3.96. The molecule has 0 unspecified atom stereocenters. The molecule has 162 valence electrons. The zero-order chi connectivity index (χ0) is 22.1. The fourth-order valence-corrected chi connectivity index (χ4v) is 4.47. The number of nitrogens with zero attached hydrogens (tertiary/aromatic N) is 3. The molecule has 3 heterocycles. The highest BCUT2D eigenvalue weighted by Gasteiger charge is 2.26. The Morgan fingerprint density at radius 2 is 1.94 bits per heavy atom. The summed E-state index contributed by atoms with van der Waals surface area (Å²) in [5.41, 5.74) is 9.18. The number of rotatable bonds is 4. The summed E-state index contributed by atoms with van der Waals surface area (Å²) >= 11 is 12.5. The number of halogens is 2. The summed E-state index contributed by atoms with van der Waals surface area (Å²) in [6.45, 7) is 3.06. The van der Waals surface area contributed by atoms with Crippen molar-refractivity contribution in [3.8, 4) is 11.1 Å². The number of carbonyl (C=O) groups excluding carboxylic acids is 2. The van der Waals surface area contributed by atoms with E-state index in [2.05, 4.69) is 10.3 Å². The van der Waals surface area contributed by atoms with Crippen LogP contribution in [0.25, 0.3) is 16.8 Å². The number of likely N-dealkylation sites (tertiary alicyclic amines) is 1. The SMILES string of the molecule is CC(=O)N1CCC(C(=O)Nc2cnc3cc(CN)c(-c4ccc(Cl)cc4Cl)cn23)CC1. The van der Waals surface area contributed by atoms with E-state index in [1.54, 1.807) is 30.2 Å². The summed E-state index contributed by atoms with van der Waals surface area (Å²) in [6.07, 6.45) is 4.80. The number of fused-ring (bicyclic) bond motifs is 1. The molecule has 1 aliphatic heterocycles. The number of hydrogen-bond acceptors (Lipinski definition) is 4. The van der Waals surface area contributed by atoms with Gasteiger partial charge in [0.25, 0.3) is 0 Å². The highest BCUT2D eigenvalue weighted by Crippen LogP contribution is 2.33. The Morgan fingerprint density at radius 1 is 1.19 bits per heavy atom. The van der Waals surface area contributed by atoms with Crippen LogP contribution in [-0.4, -0.2) is 39.2 Å². The lowest BCUT2D eigenvalue weighted by atomic mass is 9.96. The fraction of sp³-hybridized carbons (Fsp3) is 0.318. The first kappa shape index (κ1) is 21.6. The highest BCUT2D eigenvalue weighted by atomic mass is 35.5. The normalized spacial score (nSPS) is 14.8. The molecular weight excluding hydrogens is 437 g/mol. The molecule has 0 radical (unpaired) electrons. The third kappa shape index (κ3) is 4.39. The van der Waals surface area contributed by atoms with Crippen LogP contribution in [0.3, 0.4) is 0 Å². The van der Waals surface area contributed by atoms with E-state index in [1.807, 2.05) is 22.7 Å². The third-order valence-electron chi connectivity index (χ3n) is 5.74. The molecule has 0 bridgehead atoms. The van der Waals surface area contributed by atoms with Crippen LogP contribution in [0.2, 0.25) is 10.0 Å². The molecule has 9 heteroatoms. The van der Waals surface area contributed by atoms with Crippen molar-refractivity contribution in [3.63, 3.8) is 0 Å². The van der Waals surface area contributed by atoms with Crippen molar-refractivity contribution >= 4 is 46.5 Å². The van der Waals surface area contributed by atoms with Gasteiger partial charge < -0.3 is 16.0 Å². The molecule has 0 atom stereocenters. The molecule has 4 rings (SSSR count). The van der Waals surface area contributed by atoms with Crippen molar-refractivity contribution in [2.24, 2.45) is 11.7 Å². The van der Waals surface area contributed by atoms with Crippen molar-refractivity contribution in [1.82, 2.24) is 14.3 Å². The average Bonchev–Trinajstić information content (AvgIpc) is 3.14. The van der Waals surface area contributed by atoms with Gasteiger partial charge in [-0.25, -0.2) is 4.98 Å². The molecule has 3 aromatic rings. The van der Waals surface area contributed by atoms with Gasteiger partial charge in [0.1, 0.15) is 11.5 Å². The van der Waals surface area contributed by atoms with E-state index in [1.165, 1.54) is 0 Å². The molecule has 0 spiro atoms. The lowest BCUT2D eigenvalue weighted by molar-refractivity contribution is -0.132. The maximum absolute atomic E-state index is 12.8. The van der Waals surface area contributed by atoms with Crippen molar-refractivity contribution < 1.29 is 9.59 Å². The number of benzene rings is 1. The summed E-state index contributed by atoms with van der Waals surface area (Å²) in [5, 5.41) is 4.06. The van der Waals surface area contributed by atoms with Gasteiger partial charge >= 0.3 is 0 Å². The number of carbonyl (C=O) groups is 2. The second-order valence-electron chi connectivity index (χ2n) is 7.68. The topological polar surface area (TPSA) is 92.7 Å². The van der Waals surface area contributed by atoms with Crippen LogP contribution in [-0.2, 0) is 16.1 Å². The molecular formula is C22H23Cl2N5O2. The third-order valence-corrected chi connectivity index (χ3v) is 6.28. The van der Waals surface area contributed by atoms with E-state index in [0.29, 0.717) is 54.0 Å². The molecule has 2 aromatic heterocycles. The minimum atomic E-state index is -0.144. The molecule has 1 aliphatic rings. The Labute approximate surface area is 190 Å². The van der Waals surface area contributed by atoms with Gasteiger partial charge in [-0.1, -0.05) is 29.3 Å². The van der Waals surface area contributed by atoms with Gasteiger partial charge in [0.2, 0.25) is 11.8 Å². The second-order valence-corrected chi connectivity index (χ2v) is 8.53. The van der Waals surface area contributed by atoms with E-state index in [4.69, 9.17) is 28.9 Å². The van der Waals surface area contributed by atoms with E-state index >= 15 is 0 Å². The minimum Gasteiger partial charge on any atom is -0.343 e. The number of piperidine rings is 1. The Hall–Kier alpha value is -2.61. The first-order valence-corrected chi connectivity index (χ1v) is 10.8. The molecule has 2 amide bonds. The van der Waals surface area contributed by atoms with Gasteiger partial charge in [-0.2, -0.15) is 0 Å². The van der Waals surface area contributed by atoms with Gasteiger partial charge in [-0.05, 0) is 36.6 Å². The number of anilines is 1. The van der Waals surface area contributed by atoms with Crippen molar-refractivity contribution in [2.45, 2.75) is 26.3 Å². The minimum absolute atomic E-state index is 0.0461. The molecule has 0 saturated carbocycles. The lowest BCUT2D eigenvalue weighted by Gasteiger charge is -2.30. The quantitative estimate of drug-likeness (QED) is 0.617. The lowest BCUT2D eigenvalue weighted by Crippen LogP contribution is -2.40. The van der Waals surface area contributed by atoms with Crippen LogP contribution >= 0.6 is 23.2 Å². The van der Waals surface area contributed by atoms with Crippen LogP contribution in [0, 0.1) is 5.92 Å². The monoisotopic (exact) mass is 459 g/mol. The summed E-state index contributed by atoms with van der Waals surface area (Å²) in [7, 11) is 0. The zero-order valence-electron chi connectivity index (χ0n) is 17.1. The number of hydrogen-bond donors (Lipinski definition) is 2. The van der Waals surface area contributed by atoms with E-state index in [9.17, 15) is 9.59 Å². The molecule has 1 aromatic carbocycles. The summed E-state index contributed by atoms with van der Waals surface area (Å²) < 4.78 is 1.82. The number of nitrogens with one attached hydrogen (secondary N) is 1. The maximum Gasteiger partial charge on any atom is 0.228 e. The maximum atomic E-state index is 12.8. The number of nitrogens with two attached hydrogens (primary N) is 1. The fourth-order valence-electron chi connectivity index (χ4n) is 3.96. The number of amides is 2. The van der Waals surface area contributed by atoms with Gasteiger partial charge in [-0.3, -0.25) is 14.0 Å². The average molecular weight is 460 g/mol. The summed E-state index contributed by atoms with van der Waals surface area (Å²) in [5.74, 6) is 0.405. The van der Waals surface area contributed by atoms with E-state index < -0.39 is 0 Å². The van der Waals surface area contributed by atoms with Crippen molar-refractivity contribution in [2.75, 3.05) is 18.4 Å². The van der Waals surface area contributed by atoms with Gasteiger partial charge in [-0.15, -0.1) is 0 Å². The van der Waals surface area contributed by atoms with Crippen molar-refractivity contribution in [3.05, 3.63) is 52.3 Å². The highest BCUT2D eigenvalue weighted by molar-refractivity contribution is 6.36. The Bertz CT molecular complexity index is 1150. The molecule has 1 fully saturated rings.